The third-order valence-electron chi connectivity index (χ3n) is 2.40. The van der Waals surface area contributed by atoms with Crippen LogP contribution >= 0.6 is 11.3 Å². The van der Waals surface area contributed by atoms with Crippen molar-refractivity contribution >= 4 is 17.3 Å². The first-order valence-corrected chi connectivity index (χ1v) is 6.05. The van der Waals surface area contributed by atoms with Crippen LogP contribution in [0.15, 0.2) is 18.9 Å². The molecule has 0 radical (unpaired) electrons. The van der Waals surface area contributed by atoms with E-state index in [-0.39, 0.29) is 5.97 Å². The van der Waals surface area contributed by atoms with Gasteiger partial charge in [0.2, 0.25) is 0 Å². The second kappa shape index (κ2) is 5.25. The highest BCUT2D eigenvalue weighted by atomic mass is 32.1. The Labute approximate surface area is 100 Å². The molecule has 0 aliphatic carbocycles. The van der Waals surface area contributed by atoms with E-state index in [2.05, 4.69) is 11.6 Å². The molecule has 0 aliphatic heterocycles. The van der Waals surface area contributed by atoms with E-state index in [9.17, 15) is 4.79 Å². The van der Waals surface area contributed by atoms with Crippen LogP contribution in [0.1, 0.15) is 23.7 Å². The molecule has 1 unspecified atom stereocenters. The number of carbonyl (C=O) groups is 1. The van der Waals surface area contributed by atoms with Crippen LogP contribution in [0.2, 0.25) is 0 Å². The molecule has 0 aromatic carbocycles. The van der Waals surface area contributed by atoms with Crippen molar-refractivity contribution in [1.29, 1.82) is 0 Å². The molecule has 1 heterocycles. The van der Waals surface area contributed by atoms with Gasteiger partial charge >= 0.3 is 5.97 Å². The highest BCUT2D eigenvalue weighted by molar-refractivity contribution is 7.11. The summed E-state index contributed by atoms with van der Waals surface area (Å²) in [5.41, 5.74) is -0.658. The second-order valence-corrected chi connectivity index (χ2v) is 5.18. The summed E-state index contributed by atoms with van der Waals surface area (Å²) in [7, 11) is 0. The average molecular weight is 239 g/mol. The first-order valence-electron chi connectivity index (χ1n) is 5.24. The van der Waals surface area contributed by atoms with Gasteiger partial charge in [0, 0.05) is 17.5 Å². The highest BCUT2D eigenvalue weighted by Gasteiger charge is 2.32. The fourth-order valence-electron chi connectivity index (χ4n) is 1.37. The van der Waals surface area contributed by atoms with E-state index in [1.165, 1.54) is 0 Å². The minimum atomic E-state index is -0.658. The van der Waals surface area contributed by atoms with Gasteiger partial charge in [-0.05, 0) is 20.8 Å². The number of ether oxygens (including phenoxy) is 1. The van der Waals surface area contributed by atoms with Crippen molar-refractivity contribution in [2.24, 2.45) is 5.41 Å². The monoisotopic (exact) mass is 239 g/mol. The number of aryl methyl sites for hydroxylation is 1. The molecular formula is C12H17NO2S. The van der Waals surface area contributed by atoms with Crippen LogP contribution in [0.25, 0.3) is 0 Å². The predicted octanol–water partition coefficient (Wildman–Crippen LogP) is 2.75. The van der Waals surface area contributed by atoms with Gasteiger partial charge in [-0.15, -0.1) is 17.9 Å². The minimum Gasteiger partial charge on any atom is -0.465 e. The summed E-state index contributed by atoms with van der Waals surface area (Å²) in [4.78, 5) is 17.0. The van der Waals surface area contributed by atoms with E-state index >= 15 is 0 Å². The molecule has 88 valence electrons. The molecule has 0 N–H and O–H groups in total. The maximum atomic E-state index is 11.8. The van der Waals surface area contributed by atoms with Gasteiger partial charge in [-0.25, -0.2) is 4.98 Å². The number of hydrogen-bond donors (Lipinski definition) is 0. The van der Waals surface area contributed by atoms with Crippen molar-refractivity contribution < 1.29 is 9.53 Å². The van der Waals surface area contributed by atoms with Crippen LogP contribution in [0, 0.1) is 12.3 Å². The number of carbonyl (C=O) groups excluding carboxylic acids is 1. The Morgan fingerprint density at radius 3 is 2.88 bits per heavy atom. The lowest BCUT2D eigenvalue weighted by molar-refractivity contribution is -0.151. The number of aromatic nitrogens is 1. The Morgan fingerprint density at radius 1 is 1.75 bits per heavy atom. The third kappa shape index (κ3) is 2.92. The van der Waals surface area contributed by atoms with E-state index in [4.69, 9.17) is 4.74 Å². The van der Waals surface area contributed by atoms with Crippen molar-refractivity contribution in [3.63, 3.8) is 0 Å². The third-order valence-corrected chi connectivity index (χ3v) is 3.32. The van der Waals surface area contributed by atoms with Crippen LogP contribution in [0.3, 0.4) is 0 Å². The fraction of sp³-hybridized carbons (Fsp3) is 0.500. The predicted molar refractivity (Wildman–Crippen MR) is 65.5 cm³/mol. The van der Waals surface area contributed by atoms with E-state index in [1.54, 1.807) is 30.5 Å². The van der Waals surface area contributed by atoms with E-state index in [0.29, 0.717) is 13.0 Å². The fourth-order valence-corrected chi connectivity index (χ4v) is 2.33. The van der Waals surface area contributed by atoms with E-state index < -0.39 is 5.41 Å². The normalized spacial score (nSPS) is 14.2. The molecule has 0 aliphatic rings. The summed E-state index contributed by atoms with van der Waals surface area (Å²) < 4.78 is 5.05. The maximum absolute atomic E-state index is 11.8. The van der Waals surface area contributed by atoms with Crippen molar-refractivity contribution in [1.82, 2.24) is 4.98 Å². The molecule has 0 spiro atoms. The van der Waals surface area contributed by atoms with Gasteiger partial charge in [-0.1, -0.05) is 6.08 Å². The smallest absolute Gasteiger partial charge is 0.315 e. The zero-order valence-electron chi connectivity index (χ0n) is 9.95. The molecule has 0 saturated heterocycles. The molecule has 0 bridgehead atoms. The van der Waals surface area contributed by atoms with Crippen molar-refractivity contribution in [2.75, 3.05) is 6.61 Å². The van der Waals surface area contributed by atoms with Crippen molar-refractivity contribution in [2.45, 2.75) is 27.2 Å². The summed E-state index contributed by atoms with van der Waals surface area (Å²) in [5, 5.41) is 1.00. The molecule has 0 amide bonds. The first kappa shape index (κ1) is 12.9. The topological polar surface area (TPSA) is 39.2 Å². The van der Waals surface area contributed by atoms with Gasteiger partial charge in [0.1, 0.15) is 0 Å². The van der Waals surface area contributed by atoms with Gasteiger partial charge < -0.3 is 4.74 Å². The molecule has 0 saturated carbocycles. The molecule has 1 atom stereocenters. The number of esters is 1. The van der Waals surface area contributed by atoms with E-state index in [1.807, 2.05) is 13.8 Å². The van der Waals surface area contributed by atoms with Crippen LogP contribution < -0.4 is 0 Å². The largest absolute Gasteiger partial charge is 0.465 e. The Hall–Kier alpha value is -1.16. The summed E-state index contributed by atoms with van der Waals surface area (Å²) in [6, 6.07) is 0. The first-order chi connectivity index (χ1) is 7.51. The Bertz CT molecular complexity index is 386. The van der Waals surface area contributed by atoms with Gasteiger partial charge in [0.05, 0.1) is 17.0 Å². The summed E-state index contributed by atoms with van der Waals surface area (Å²) >= 11 is 1.60. The standard InChI is InChI=1S/C12H17NO2S/c1-5-12(4,11(14)15-6-2)7-10-8-13-9(3)16-10/h5,8H,1,6-7H2,2-4H3. The highest BCUT2D eigenvalue weighted by Crippen LogP contribution is 2.28. The molecule has 16 heavy (non-hydrogen) atoms. The maximum Gasteiger partial charge on any atom is 0.315 e. The Kier molecular flexibility index (Phi) is 4.24. The average Bonchev–Trinajstić information content (AvgIpc) is 2.64. The summed E-state index contributed by atoms with van der Waals surface area (Å²) in [5.74, 6) is -0.226. The van der Waals surface area contributed by atoms with Crippen LogP contribution in [-0.4, -0.2) is 17.6 Å². The van der Waals surface area contributed by atoms with E-state index in [0.717, 1.165) is 9.88 Å². The van der Waals surface area contributed by atoms with Crippen LogP contribution in [0.4, 0.5) is 0 Å². The van der Waals surface area contributed by atoms with Gasteiger partial charge in [-0.2, -0.15) is 0 Å². The number of rotatable bonds is 5. The molecule has 1 aromatic rings. The summed E-state index contributed by atoms with van der Waals surface area (Å²) in [6.45, 7) is 9.71. The zero-order valence-corrected chi connectivity index (χ0v) is 10.8. The lowest BCUT2D eigenvalue weighted by atomic mass is 9.86. The molecule has 4 heteroatoms. The zero-order chi connectivity index (χ0) is 12.2. The molecule has 0 fully saturated rings. The van der Waals surface area contributed by atoms with Gasteiger partial charge in [0.25, 0.3) is 0 Å². The van der Waals surface area contributed by atoms with Crippen molar-refractivity contribution in [3.05, 3.63) is 28.7 Å². The molecule has 1 aromatic heterocycles. The SMILES string of the molecule is C=CC(C)(Cc1cnc(C)s1)C(=O)OCC. The number of thiazole rings is 1. The molecular weight excluding hydrogens is 222 g/mol. The van der Waals surface area contributed by atoms with Crippen LogP contribution in [-0.2, 0) is 16.0 Å². The summed E-state index contributed by atoms with van der Waals surface area (Å²) in [6.07, 6.45) is 4.06. The lowest BCUT2D eigenvalue weighted by Crippen LogP contribution is -2.29. The Morgan fingerprint density at radius 2 is 2.44 bits per heavy atom. The van der Waals surface area contributed by atoms with Gasteiger partial charge in [-0.3, -0.25) is 4.79 Å². The quantitative estimate of drug-likeness (QED) is 0.586. The Balaban J connectivity index is 2.81. The van der Waals surface area contributed by atoms with Crippen LogP contribution in [0.5, 0.6) is 0 Å². The van der Waals surface area contributed by atoms with Crippen molar-refractivity contribution in [3.8, 4) is 0 Å². The van der Waals surface area contributed by atoms with Gasteiger partial charge in [0.15, 0.2) is 0 Å². The minimum absolute atomic E-state index is 0.226. The second-order valence-electron chi connectivity index (χ2n) is 3.86. The lowest BCUT2D eigenvalue weighted by Gasteiger charge is -2.22. The molecule has 3 nitrogen and oxygen atoms in total. The molecule has 1 rings (SSSR count). The number of nitrogens with zero attached hydrogens (tertiary/aromatic N) is 1. The number of hydrogen-bond acceptors (Lipinski definition) is 4.